The molecule has 0 heterocycles. The second-order valence-electron chi connectivity index (χ2n) is 4.68. The number of carbonyl (C=O) groups is 2. The largest absolute Gasteiger partial charge is 0.378 e. The van der Waals surface area contributed by atoms with Gasteiger partial charge in [0.1, 0.15) is 11.6 Å². The fourth-order valence-electron chi connectivity index (χ4n) is 2.89. The molecule has 2 bridgehead atoms. The molecule has 0 amide bonds. The van der Waals surface area contributed by atoms with E-state index in [0.717, 1.165) is 0 Å². The minimum absolute atomic E-state index is 0.111. The van der Waals surface area contributed by atoms with Crippen LogP contribution in [-0.4, -0.2) is 24.3 Å². The molecule has 78 valence electrons. The Hall–Kier alpha value is -0.700. The van der Waals surface area contributed by atoms with Crippen molar-refractivity contribution in [2.24, 2.45) is 11.8 Å². The Balaban J connectivity index is 2.29. The summed E-state index contributed by atoms with van der Waals surface area (Å²) in [5, 5.41) is 0. The molecule has 0 spiro atoms. The summed E-state index contributed by atoms with van der Waals surface area (Å²) in [6.45, 7) is 2.04. The standard InChI is InChI=1S/C11H16O3/c1-11(14-2)7-3-9(12)5-8(11)6-10(13)4-7/h7-8H,3-6H2,1-2H3. The van der Waals surface area contributed by atoms with E-state index in [0.29, 0.717) is 37.2 Å². The summed E-state index contributed by atoms with van der Waals surface area (Å²) in [4.78, 5) is 22.8. The van der Waals surface area contributed by atoms with Crippen LogP contribution in [0.5, 0.6) is 0 Å². The first-order valence-electron chi connectivity index (χ1n) is 5.15. The van der Waals surface area contributed by atoms with E-state index in [2.05, 4.69) is 0 Å². The predicted octanol–water partition coefficient (Wildman–Crippen LogP) is 1.35. The number of fused-ring (bicyclic) bond motifs is 2. The van der Waals surface area contributed by atoms with Crippen molar-refractivity contribution in [2.75, 3.05) is 7.11 Å². The molecule has 2 fully saturated rings. The summed E-state index contributed by atoms with van der Waals surface area (Å²) in [6, 6.07) is 0. The van der Waals surface area contributed by atoms with Crippen molar-refractivity contribution >= 4 is 11.6 Å². The number of methoxy groups -OCH3 is 1. The first-order chi connectivity index (χ1) is 6.56. The number of carbonyl (C=O) groups excluding carboxylic acids is 2. The maximum atomic E-state index is 11.4. The number of rotatable bonds is 1. The van der Waals surface area contributed by atoms with Crippen molar-refractivity contribution in [1.29, 1.82) is 0 Å². The Kier molecular flexibility index (Phi) is 2.22. The van der Waals surface area contributed by atoms with E-state index in [1.165, 1.54) is 0 Å². The van der Waals surface area contributed by atoms with Crippen LogP contribution >= 0.6 is 0 Å². The average Bonchev–Trinajstić information content (AvgIpc) is 2.10. The summed E-state index contributed by atoms with van der Waals surface area (Å²) in [5.41, 5.74) is -0.248. The number of hydrogen-bond donors (Lipinski definition) is 0. The number of hydrogen-bond acceptors (Lipinski definition) is 3. The van der Waals surface area contributed by atoms with Crippen molar-refractivity contribution < 1.29 is 14.3 Å². The Bertz CT molecular complexity index is 242. The molecule has 14 heavy (non-hydrogen) atoms. The molecule has 0 aromatic heterocycles. The fourth-order valence-corrected chi connectivity index (χ4v) is 2.89. The number of ketones is 2. The molecule has 2 saturated carbocycles. The summed E-state index contributed by atoms with van der Waals surface area (Å²) in [6.07, 6.45) is 2.08. The van der Waals surface area contributed by atoms with Crippen LogP contribution < -0.4 is 0 Å². The van der Waals surface area contributed by atoms with Crippen molar-refractivity contribution in [2.45, 2.75) is 38.2 Å². The molecule has 2 aliphatic carbocycles. The maximum absolute atomic E-state index is 11.4. The topological polar surface area (TPSA) is 43.4 Å². The molecule has 3 nitrogen and oxygen atoms in total. The van der Waals surface area contributed by atoms with Gasteiger partial charge in [-0.15, -0.1) is 0 Å². The highest BCUT2D eigenvalue weighted by molar-refractivity contribution is 5.87. The highest BCUT2D eigenvalue weighted by Gasteiger charge is 2.51. The third-order valence-electron chi connectivity index (χ3n) is 3.96. The van der Waals surface area contributed by atoms with Crippen LogP contribution in [0.2, 0.25) is 0 Å². The van der Waals surface area contributed by atoms with Crippen molar-refractivity contribution in [1.82, 2.24) is 0 Å². The second-order valence-corrected chi connectivity index (χ2v) is 4.68. The third kappa shape index (κ3) is 1.31. The molecule has 0 atom stereocenters. The van der Waals surface area contributed by atoms with Crippen molar-refractivity contribution in [3.05, 3.63) is 0 Å². The molecular formula is C11H16O3. The summed E-state index contributed by atoms with van der Waals surface area (Å²) in [5.74, 6) is 0.809. The zero-order valence-corrected chi connectivity index (χ0v) is 8.71. The predicted molar refractivity (Wildman–Crippen MR) is 50.9 cm³/mol. The van der Waals surface area contributed by atoms with Crippen LogP contribution in [0, 0.1) is 11.8 Å². The molecule has 0 aromatic carbocycles. The molecule has 0 aliphatic heterocycles. The molecular weight excluding hydrogens is 180 g/mol. The van der Waals surface area contributed by atoms with Gasteiger partial charge in [0.2, 0.25) is 0 Å². The van der Waals surface area contributed by atoms with Crippen LogP contribution in [0.3, 0.4) is 0 Å². The van der Waals surface area contributed by atoms with Gasteiger partial charge in [-0.25, -0.2) is 0 Å². The normalized spacial score (nSPS) is 42.7. The lowest BCUT2D eigenvalue weighted by Crippen LogP contribution is -2.53. The Morgan fingerprint density at radius 1 is 1.07 bits per heavy atom. The molecule has 0 radical (unpaired) electrons. The fraction of sp³-hybridized carbons (Fsp3) is 0.818. The Labute approximate surface area is 83.8 Å². The minimum Gasteiger partial charge on any atom is -0.378 e. The van der Waals surface area contributed by atoms with Gasteiger partial charge in [-0.2, -0.15) is 0 Å². The van der Waals surface area contributed by atoms with Gasteiger partial charge in [-0.1, -0.05) is 0 Å². The SMILES string of the molecule is COC1(C)C2CC(=O)CC1CC(=O)C2. The monoisotopic (exact) mass is 196 g/mol. The van der Waals surface area contributed by atoms with Gasteiger partial charge in [0.05, 0.1) is 5.60 Å². The van der Waals surface area contributed by atoms with Gasteiger partial charge in [0, 0.05) is 44.6 Å². The molecule has 2 aliphatic rings. The molecule has 3 heteroatoms. The zero-order chi connectivity index (χ0) is 10.3. The first kappa shape index (κ1) is 9.84. The Morgan fingerprint density at radius 2 is 1.43 bits per heavy atom. The molecule has 2 rings (SSSR count). The van der Waals surface area contributed by atoms with E-state index in [1.54, 1.807) is 7.11 Å². The zero-order valence-electron chi connectivity index (χ0n) is 8.71. The van der Waals surface area contributed by atoms with Gasteiger partial charge in [0.15, 0.2) is 0 Å². The molecule has 0 N–H and O–H groups in total. The highest BCUT2D eigenvalue weighted by atomic mass is 16.5. The van der Waals surface area contributed by atoms with Crippen LogP contribution in [0.4, 0.5) is 0 Å². The van der Waals surface area contributed by atoms with E-state index >= 15 is 0 Å². The summed E-state index contributed by atoms with van der Waals surface area (Å²) in [7, 11) is 1.69. The van der Waals surface area contributed by atoms with E-state index in [-0.39, 0.29) is 17.4 Å². The average molecular weight is 196 g/mol. The van der Waals surface area contributed by atoms with Gasteiger partial charge in [-0.05, 0) is 6.92 Å². The first-order valence-corrected chi connectivity index (χ1v) is 5.15. The second kappa shape index (κ2) is 3.16. The lowest BCUT2D eigenvalue weighted by Gasteiger charge is -2.48. The quantitative estimate of drug-likeness (QED) is 0.635. The smallest absolute Gasteiger partial charge is 0.133 e. The van der Waals surface area contributed by atoms with E-state index in [4.69, 9.17) is 4.74 Å². The van der Waals surface area contributed by atoms with Crippen LogP contribution in [0.1, 0.15) is 32.6 Å². The van der Waals surface area contributed by atoms with Gasteiger partial charge in [-0.3, -0.25) is 9.59 Å². The van der Waals surface area contributed by atoms with Crippen molar-refractivity contribution in [3.63, 3.8) is 0 Å². The molecule has 0 unspecified atom stereocenters. The van der Waals surface area contributed by atoms with Crippen molar-refractivity contribution in [3.8, 4) is 0 Å². The number of Topliss-reactive ketones (excluding diaryl/α,β-unsaturated/α-hetero) is 2. The van der Waals surface area contributed by atoms with Gasteiger partial charge >= 0.3 is 0 Å². The summed E-state index contributed by atoms with van der Waals surface area (Å²) < 4.78 is 5.54. The third-order valence-corrected chi connectivity index (χ3v) is 3.96. The summed E-state index contributed by atoms with van der Waals surface area (Å²) >= 11 is 0. The lowest BCUT2D eigenvalue weighted by molar-refractivity contribution is -0.161. The van der Waals surface area contributed by atoms with Crippen LogP contribution in [-0.2, 0) is 14.3 Å². The minimum atomic E-state index is -0.248. The van der Waals surface area contributed by atoms with Gasteiger partial charge < -0.3 is 4.74 Å². The highest BCUT2D eigenvalue weighted by Crippen LogP contribution is 2.46. The molecule has 0 aromatic rings. The van der Waals surface area contributed by atoms with Crippen LogP contribution in [0.25, 0.3) is 0 Å². The van der Waals surface area contributed by atoms with Crippen LogP contribution in [0.15, 0.2) is 0 Å². The lowest BCUT2D eigenvalue weighted by atomic mass is 9.61. The van der Waals surface area contributed by atoms with E-state index in [1.807, 2.05) is 6.92 Å². The number of ether oxygens (including phenoxy) is 1. The molecule has 0 saturated heterocycles. The van der Waals surface area contributed by atoms with E-state index in [9.17, 15) is 9.59 Å². The Morgan fingerprint density at radius 3 is 1.71 bits per heavy atom. The van der Waals surface area contributed by atoms with Gasteiger partial charge in [0.25, 0.3) is 0 Å². The maximum Gasteiger partial charge on any atom is 0.133 e. The van der Waals surface area contributed by atoms with E-state index < -0.39 is 0 Å².